The maximum atomic E-state index is 13.7. The minimum Gasteiger partial charge on any atom is -0.426 e. The number of piperidine rings is 1. The van der Waals surface area contributed by atoms with Crippen LogP contribution < -0.4 is 20.5 Å². The number of aromatic amines is 1. The van der Waals surface area contributed by atoms with E-state index in [1.54, 1.807) is 18.2 Å². The van der Waals surface area contributed by atoms with E-state index in [1.807, 2.05) is 13.1 Å². The Kier molecular flexibility index (Phi) is 5.21. The van der Waals surface area contributed by atoms with Crippen LogP contribution in [0.15, 0.2) is 41.5 Å². The number of likely N-dealkylation sites (N-methyl/N-ethyl adjacent to an activating group) is 1. The third-order valence-electron chi connectivity index (χ3n) is 5.10. The number of halogens is 1. The average molecular weight is 383 g/mol. The number of benzene rings is 1. The molecule has 28 heavy (non-hydrogen) atoms. The zero-order valence-corrected chi connectivity index (χ0v) is 15.6. The van der Waals surface area contributed by atoms with Crippen LogP contribution in [0.4, 0.5) is 10.1 Å². The molecule has 1 unspecified atom stereocenters. The molecule has 1 aliphatic heterocycles. The monoisotopic (exact) mass is 383 g/mol. The Hall–Kier alpha value is -3.00. The Morgan fingerprint density at radius 2 is 2.25 bits per heavy atom. The lowest BCUT2D eigenvalue weighted by Gasteiger charge is -2.34. The smallest absolute Gasteiger partial charge is 0.302 e. The number of ether oxygens (including phenoxy) is 1. The number of hydrogen-bond donors (Lipinski definition) is 2. The number of anilines is 1. The summed E-state index contributed by atoms with van der Waals surface area (Å²) in [6.45, 7) is 1.30. The van der Waals surface area contributed by atoms with Crippen molar-refractivity contribution in [3.63, 3.8) is 0 Å². The number of pyridine rings is 1. The highest BCUT2D eigenvalue weighted by Gasteiger charge is 2.20. The van der Waals surface area contributed by atoms with Gasteiger partial charge < -0.3 is 15.0 Å². The van der Waals surface area contributed by atoms with Crippen molar-refractivity contribution < 1.29 is 9.13 Å². The fourth-order valence-electron chi connectivity index (χ4n) is 3.57. The molecule has 1 atom stereocenters. The lowest BCUT2D eigenvalue weighted by molar-refractivity contribution is 0.433. The van der Waals surface area contributed by atoms with Gasteiger partial charge in [0.05, 0.1) is 17.1 Å². The topological polar surface area (TPSA) is 83.1 Å². The lowest BCUT2D eigenvalue weighted by Crippen LogP contribution is -2.44. The van der Waals surface area contributed by atoms with Crippen molar-refractivity contribution in [3.8, 4) is 11.8 Å². The quantitative estimate of drug-likeness (QED) is 0.705. The van der Waals surface area contributed by atoms with Gasteiger partial charge in [0, 0.05) is 37.1 Å². The number of alkyl halides is 1. The fourth-order valence-corrected chi connectivity index (χ4v) is 3.57. The van der Waals surface area contributed by atoms with E-state index in [-0.39, 0.29) is 11.6 Å². The second-order valence-electron chi connectivity index (χ2n) is 6.90. The third kappa shape index (κ3) is 3.68. The second-order valence-corrected chi connectivity index (χ2v) is 6.90. The SMILES string of the molecule is CN(c1ccc(Oc2nc3cnccc3c(=O)[nH]2)cc1CF)C1CCCNC1. The van der Waals surface area contributed by atoms with Crippen LogP contribution in [0.2, 0.25) is 0 Å². The Bertz CT molecular complexity index is 1030. The Morgan fingerprint density at radius 3 is 3.04 bits per heavy atom. The van der Waals surface area contributed by atoms with E-state index in [1.165, 1.54) is 12.4 Å². The van der Waals surface area contributed by atoms with Gasteiger partial charge in [-0.25, -0.2) is 4.39 Å². The number of fused-ring (bicyclic) bond motifs is 1. The first-order valence-corrected chi connectivity index (χ1v) is 9.30. The number of aromatic nitrogens is 3. The van der Waals surface area contributed by atoms with E-state index in [0.29, 0.717) is 28.3 Å². The minimum absolute atomic E-state index is 0.0490. The summed E-state index contributed by atoms with van der Waals surface area (Å²) in [6.07, 6.45) is 5.21. The first-order valence-electron chi connectivity index (χ1n) is 9.30. The first kappa shape index (κ1) is 18.4. The van der Waals surface area contributed by atoms with Crippen LogP contribution in [0.25, 0.3) is 10.9 Å². The van der Waals surface area contributed by atoms with Crippen molar-refractivity contribution in [1.29, 1.82) is 0 Å². The van der Waals surface area contributed by atoms with Crippen LogP contribution in [0, 0.1) is 0 Å². The van der Waals surface area contributed by atoms with E-state index in [9.17, 15) is 9.18 Å². The predicted molar refractivity (Wildman–Crippen MR) is 106 cm³/mol. The number of H-pyrrole nitrogens is 1. The summed E-state index contributed by atoms with van der Waals surface area (Å²) >= 11 is 0. The summed E-state index contributed by atoms with van der Waals surface area (Å²) in [5, 5.41) is 3.81. The van der Waals surface area contributed by atoms with Gasteiger partial charge in [-0.15, -0.1) is 0 Å². The molecule has 3 aromatic rings. The van der Waals surface area contributed by atoms with Crippen LogP contribution in [-0.2, 0) is 6.67 Å². The molecule has 0 bridgehead atoms. The molecule has 1 aliphatic rings. The Balaban J connectivity index is 1.60. The van der Waals surface area contributed by atoms with Crippen molar-refractivity contribution in [2.75, 3.05) is 25.0 Å². The molecule has 0 spiro atoms. The molecule has 1 saturated heterocycles. The first-order chi connectivity index (χ1) is 13.7. The van der Waals surface area contributed by atoms with Crippen LogP contribution in [-0.4, -0.2) is 41.1 Å². The molecule has 4 rings (SSSR count). The van der Waals surface area contributed by atoms with E-state index in [4.69, 9.17) is 4.74 Å². The van der Waals surface area contributed by atoms with Crippen molar-refractivity contribution in [3.05, 3.63) is 52.6 Å². The fraction of sp³-hybridized carbons (Fsp3) is 0.350. The molecular weight excluding hydrogens is 361 g/mol. The van der Waals surface area contributed by atoms with Gasteiger partial charge >= 0.3 is 6.01 Å². The van der Waals surface area contributed by atoms with Crippen LogP contribution in [0.1, 0.15) is 18.4 Å². The highest BCUT2D eigenvalue weighted by molar-refractivity contribution is 5.76. The molecule has 7 nitrogen and oxygen atoms in total. The number of rotatable bonds is 5. The average Bonchev–Trinajstić information content (AvgIpc) is 2.74. The zero-order chi connectivity index (χ0) is 19.5. The highest BCUT2D eigenvalue weighted by Crippen LogP contribution is 2.30. The molecule has 1 fully saturated rings. The van der Waals surface area contributed by atoms with Crippen molar-refractivity contribution in [1.82, 2.24) is 20.3 Å². The van der Waals surface area contributed by atoms with Crippen molar-refractivity contribution >= 4 is 16.6 Å². The van der Waals surface area contributed by atoms with Gasteiger partial charge in [0.25, 0.3) is 5.56 Å². The van der Waals surface area contributed by atoms with E-state index >= 15 is 0 Å². The van der Waals surface area contributed by atoms with Crippen molar-refractivity contribution in [2.24, 2.45) is 0 Å². The minimum atomic E-state index is -0.609. The molecule has 2 aromatic heterocycles. The van der Waals surface area contributed by atoms with Gasteiger partial charge in [-0.3, -0.25) is 14.8 Å². The molecule has 0 saturated carbocycles. The maximum absolute atomic E-state index is 13.7. The van der Waals surface area contributed by atoms with Crippen LogP contribution in [0.5, 0.6) is 11.8 Å². The number of hydrogen-bond acceptors (Lipinski definition) is 6. The van der Waals surface area contributed by atoms with E-state index in [2.05, 4.69) is 25.2 Å². The van der Waals surface area contributed by atoms with Gasteiger partial charge in [0.2, 0.25) is 0 Å². The molecule has 2 N–H and O–H groups in total. The van der Waals surface area contributed by atoms with Gasteiger partial charge in [0.15, 0.2) is 0 Å². The van der Waals surface area contributed by atoms with Crippen molar-refractivity contribution in [2.45, 2.75) is 25.6 Å². The van der Waals surface area contributed by atoms with Gasteiger partial charge in [-0.05, 0) is 43.7 Å². The molecule has 0 aliphatic carbocycles. The molecule has 0 radical (unpaired) electrons. The standard InChI is InChI=1S/C20H22FN5O2/c1-26(14-3-2-7-22-11-14)18-5-4-15(9-13(18)10-21)28-20-24-17-12-23-8-6-16(17)19(27)25-20/h4-6,8-9,12,14,22H,2-3,7,10-11H2,1H3,(H,24,25,27). The molecule has 146 valence electrons. The number of nitrogens with one attached hydrogen (secondary N) is 2. The van der Waals surface area contributed by atoms with E-state index < -0.39 is 6.67 Å². The molecule has 0 amide bonds. The predicted octanol–water partition coefficient (Wildman–Crippen LogP) is 2.77. The molecule has 8 heteroatoms. The maximum Gasteiger partial charge on any atom is 0.302 e. The summed E-state index contributed by atoms with van der Waals surface area (Å²) < 4.78 is 19.4. The summed E-state index contributed by atoms with van der Waals surface area (Å²) in [4.78, 5) is 25.1. The lowest BCUT2D eigenvalue weighted by atomic mass is 10.0. The second kappa shape index (κ2) is 7.93. The van der Waals surface area contributed by atoms with Crippen LogP contribution >= 0.6 is 0 Å². The summed E-state index contributed by atoms with van der Waals surface area (Å²) in [7, 11) is 1.99. The molecular formula is C20H22FN5O2. The highest BCUT2D eigenvalue weighted by atomic mass is 19.1. The largest absolute Gasteiger partial charge is 0.426 e. The van der Waals surface area contributed by atoms with E-state index in [0.717, 1.165) is 31.6 Å². The third-order valence-corrected chi connectivity index (χ3v) is 5.10. The summed E-state index contributed by atoms with van der Waals surface area (Å²) in [5.41, 5.74) is 1.51. The zero-order valence-electron chi connectivity index (χ0n) is 15.6. The van der Waals surface area contributed by atoms with Gasteiger partial charge in [-0.2, -0.15) is 4.98 Å². The van der Waals surface area contributed by atoms with Gasteiger partial charge in [-0.1, -0.05) is 0 Å². The Morgan fingerprint density at radius 1 is 1.36 bits per heavy atom. The Labute approximate surface area is 161 Å². The molecule has 1 aromatic carbocycles. The van der Waals surface area contributed by atoms with Gasteiger partial charge in [0.1, 0.15) is 12.4 Å². The molecule has 3 heterocycles. The summed E-state index contributed by atoms with van der Waals surface area (Å²) in [5.74, 6) is 0.415. The normalized spacial score (nSPS) is 16.9. The van der Waals surface area contributed by atoms with Crippen LogP contribution in [0.3, 0.4) is 0 Å². The number of nitrogens with zero attached hydrogens (tertiary/aromatic N) is 3. The summed E-state index contributed by atoms with van der Waals surface area (Å²) in [6, 6.07) is 7.23.